The second-order valence-electron chi connectivity index (χ2n) is 4.98. The molecule has 0 aromatic carbocycles. The summed E-state index contributed by atoms with van der Waals surface area (Å²) in [5, 5.41) is 20.5. The van der Waals surface area contributed by atoms with Crippen LogP contribution in [-0.2, 0) is 4.79 Å². The lowest BCUT2D eigenvalue weighted by molar-refractivity contribution is -0.144. The van der Waals surface area contributed by atoms with Gasteiger partial charge < -0.3 is 9.52 Å². The maximum absolute atomic E-state index is 11.3. The molecule has 1 aromatic heterocycles. The highest BCUT2D eigenvalue weighted by Gasteiger charge is 2.32. The van der Waals surface area contributed by atoms with E-state index in [4.69, 9.17) is 4.42 Å². The van der Waals surface area contributed by atoms with Crippen LogP contribution in [0.1, 0.15) is 39.5 Å². The van der Waals surface area contributed by atoms with Gasteiger partial charge in [-0.05, 0) is 33.6 Å². The van der Waals surface area contributed by atoms with Crippen LogP contribution < -0.4 is 5.32 Å². The van der Waals surface area contributed by atoms with Crippen molar-refractivity contribution in [3.8, 4) is 0 Å². The fourth-order valence-corrected chi connectivity index (χ4v) is 2.54. The molecule has 0 aliphatic rings. The number of aromatic nitrogens is 2. The van der Waals surface area contributed by atoms with Crippen LogP contribution in [0.3, 0.4) is 0 Å². The van der Waals surface area contributed by atoms with Crippen molar-refractivity contribution in [1.82, 2.24) is 15.5 Å². The molecular formula is C12H21N3O3S. The largest absolute Gasteiger partial charge is 0.480 e. The van der Waals surface area contributed by atoms with E-state index in [-0.39, 0.29) is 6.04 Å². The first-order valence-electron chi connectivity index (χ1n) is 6.27. The van der Waals surface area contributed by atoms with Gasteiger partial charge in [0.25, 0.3) is 5.22 Å². The Bertz CT molecular complexity index is 422. The average molecular weight is 287 g/mol. The molecule has 0 fully saturated rings. The van der Waals surface area contributed by atoms with Gasteiger partial charge in [0.05, 0.1) is 0 Å². The summed E-state index contributed by atoms with van der Waals surface area (Å²) in [6.45, 7) is 7.34. The SMILES string of the molecule is Cc1nnc(SCCCC(C)(NC(C)C)C(=O)O)o1. The Labute approximate surface area is 117 Å². The van der Waals surface area contributed by atoms with Crippen molar-refractivity contribution in [3.63, 3.8) is 0 Å². The van der Waals surface area contributed by atoms with Crippen LogP contribution in [0.25, 0.3) is 0 Å². The number of carboxylic acids is 1. The number of thioether (sulfide) groups is 1. The summed E-state index contributed by atoms with van der Waals surface area (Å²) in [7, 11) is 0. The van der Waals surface area contributed by atoms with Crippen molar-refractivity contribution in [2.75, 3.05) is 5.75 Å². The van der Waals surface area contributed by atoms with E-state index in [1.54, 1.807) is 13.8 Å². The Morgan fingerprint density at radius 3 is 2.68 bits per heavy atom. The molecule has 2 N–H and O–H groups in total. The van der Waals surface area contributed by atoms with Crippen LogP contribution in [0.2, 0.25) is 0 Å². The minimum Gasteiger partial charge on any atom is -0.480 e. The molecule has 108 valence electrons. The second-order valence-corrected chi connectivity index (χ2v) is 6.02. The number of aliphatic carboxylic acids is 1. The van der Waals surface area contributed by atoms with E-state index < -0.39 is 11.5 Å². The third-order valence-electron chi connectivity index (χ3n) is 2.63. The number of nitrogens with zero attached hydrogens (tertiary/aromatic N) is 2. The lowest BCUT2D eigenvalue weighted by Gasteiger charge is -2.28. The fourth-order valence-electron chi connectivity index (χ4n) is 1.80. The van der Waals surface area contributed by atoms with Crippen molar-refractivity contribution in [2.24, 2.45) is 0 Å². The number of carboxylic acid groups (broad SMARTS) is 1. The van der Waals surface area contributed by atoms with E-state index in [2.05, 4.69) is 15.5 Å². The summed E-state index contributed by atoms with van der Waals surface area (Å²) in [4.78, 5) is 11.3. The monoisotopic (exact) mass is 287 g/mol. The smallest absolute Gasteiger partial charge is 0.323 e. The number of hydrogen-bond donors (Lipinski definition) is 2. The first-order valence-corrected chi connectivity index (χ1v) is 7.26. The molecule has 1 rings (SSSR count). The number of carbonyl (C=O) groups is 1. The molecule has 1 unspecified atom stereocenters. The van der Waals surface area contributed by atoms with Crippen molar-refractivity contribution < 1.29 is 14.3 Å². The summed E-state index contributed by atoms with van der Waals surface area (Å²) in [5.74, 6) is 0.476. The Balaban J connectivity index is 2.38. The third kappa shape index (κ3) is 5.20. The summed E-state index contributed by atoms with van der Waals surface area (Å²) < 4.78 is 5.24. The lowest BCUT2D eigenvalue weighted by Crippen LogP contribution is -2.52. The Morgan fingerprint density at radius 1 is 1.53 bits per heavy atom. The zero-order valence-electron chi connectivity index (χ0n) is 11.8. The van der Waals surface area contributed by atoms with Gasteiger partial charge >= 0.3 is 5.97 Å². The standard InChI is InChI=1S/C12H21N3O3S/c1-8(2)13-12(4,10(16)17)6-5-7-19-11-15-14-9(3)18-11/h8,13H,5-7H2,1-4H3,(H,16,17). The normalized spacial score (nSPS) is 14.6. The number of hydrogen-bond acceptors (Lipinski definition) is 6. The first kappa shape index (κ1) is 16.0. The summed E-state index contributed by atoms with van der Waals surface area (Å²) in [6, 6.07) is 0.132. The van der Waals surface area contributed by atoms with Gasteiger partial charge in [-0.1, -0.05) is 11.8 Å². The van der Waals surface area contributed by atoms with Crippen LogP contribution in [0, 0.1) is 6.92 Å². The minimum atomic E-state index is -0.889. The van der Waals surface area contributed by atoms with Crippen molar-refractivity contribution in [2.45, 2.75) is 57.3 Å². The van der Waals surface area contributed by atoms with Crippen molar-refractivity contribution in [1.29, 1.82) is 0 Å². The minimum absolute atomic E-state index is 0.132. The van der Waals surface area contributed by atoms with Crippen LogP contribution in [0.4, 0.5) is 0 Å². The molecule has 19 heavy (non-hydrogen) atoms. The van der Waals surface area contributed by atoms with E-state index in [0.29, 0.717) is 17.5 Å². The topological polar surface area (TPSA) is 88.2 Å². The highest BCUT2D eigenvalue weighted by molar-refractivity contribution is 7.99. The Hall–Kier alpha value is -1.08. The van der Waals surface area contributed by atoms with Crippen LogP contribution in [0.15, 0.2) is 9.64 Å². The van der Waals surface area contributed by atoms with E-state index in [1.807, 2.05) is 13.8 Å². The maximum Gasteiger partial charge on any atom is 0.323 e. The number of rotatable bonds is 8. The molecule has 0 saturated carbocycles. The van der Waals surface area contributed by atoms with E-state index in [0.717, 1.165) is 12.2 Å². The molecule has 1 heterocycles. The molecule has 1 atom stereocenters. The summed E-state index contributed by atoms with van der Waals surface area (Å²) in [5.41, 5.74) is -0.889. The lowest BCUT2D eigenvalue weighted by atomic mass is 9.95. The molecule has 6 nitrogen and oxygen atoms in total. The Morgan fingerprint density at radius 2 is 2.21 bits per heavy atom. The maximum atomic E-state index is 11.3. The quantitative estimate of drug-likeness (QED) is 0.559. The molecule has 7 heteroatoms. The molecule has 0 aliphatic carbocycles. The highest BCUT2D eigenvalue weighted by Crippen LogP contribution is 2.21. The molecule has 0 spiro atoms. The fraction of sp³-hybridized carbons (Fsp3) is 0.750. The molecule has 0 amide bonds. The van der Waals surface area contributed by atoms with Gasteiger partial charge in [-0.3, -0.25) is 10.1 Å². The highest BCUT2D eigenvalue weighted by atomic mass is 32.2. The van der Waals surface area contributed by atoms with E-state index in [9.17, 15) is 9.90 Å². The molecule has 0 aliphatic heterocycles. The second kappa shape index (κ2) is 6.91. The van der Waals surface area contributed by atoms with Gasteiger partial charge in [-0.15, -0.1) is 10.2 Å². The molecule has 0 radical (unpaired) electrons. The zero-order chi connectivity index (χ0) is 14.5. The predicted molar refractivity (Wildman–Crippen MR) is 73.3 cm³/mol. The first-order chi connectivity index (χ1) is 8.83. The van der Waals surface area contributed by atoms with E-state index >= 15 is 0 Å². The average Bonchev–Trinajstić information content (AvgIpc) is 2.69. The van der Waals surface area contributed by atoms with Crippen LogP contribution in [-0.4, -0.2) is 38.6 Å². The van der Waals surface area contributed by atoms with Gasteiger partial charge in [0.1, 0.15) is 5.54 Å². The van der Waals surface area contributed by atoms with Crippen LogP contribution in [0.5, 0.6) is 0 Å². The summed E-state index contributed by atoms with van der Waals surface area (Å²) >= 11 is 1.45. The van der Waals surface area contributed by atoms with Gasteiger partial charge in [-0.25, -0.2) is 0 Å². The predicted octanol–water partition coefficient (Wildman–Crippen LogP) is 2.09. The Kier molecular flexibility index (Phi) is 5.81. The van der Waals surface area contributed by atoms with Crippen molar-refractivity contribution >= 4 is 17.7 Å². The number of aryl methyl sites for hydroxylation is 1. The van der Waals surface area contributed by atoms with E-state index in [1.165, 1.54) is 11.8 Å². The number of nitrogens with one attached hydrogen (secondary N) is 1. The van der Waals surface area contributed by atoms with Gasteiger partial charge in [0, 0.05) is 18.7 Å². The molecular weight excluding hydrogens is 266 g/mol. The third-order valence-corrected chi connectivity index (χ3v) is 3.54. The van der Waals surface area contributed by atoms with Gasteiger partial charge in [-0.2, -0.15) is 0 Å². The summed E-state index contributed by atoms with van der Waals surface area (Å²) in [6.07, 6.45) is 1.31. The molecule has 0 saturated heterocycles. The van der Waals surface area contributed by atoms with Gasteiger partial charge in [0.2, 0.25) is 5.89 Å². The zero-order valence-corrected chi connectivity index (χ0v) is 12.6. The molecule has 0 bridgehead atoms. The van der Waals surface area contributed by atoms with Crippen molar-refractivity contribution in [3.05, 3.63) is 5.89 Å². The van der Waals surface area contributed by atoms with Gasteiger partial charge in [0.15, 0.2) is 0 Å². The molecule has 1 aromatic rings. The van der Waals surface area contributed by atoms with Crippen LogP contribution >= 0.6 is 11.8 Å².